The lowest BCUT2D eigenvalue weighted by molar-refractivity contribution is 0.0948. The van der Waals surface area contributed by atoms with E-state index in [0.717, 1.165) is 5.56 Å². The smallest absolute Gasteiger partial charge is 0.255 e. The zero-order valence-corrected chi connectivity index (χ0v) is 14.8. The first-order valence-corrected chi connectivity index (χ1v) is 8.40. The van der Waals surface area contributed by atoms with Gasteiger partial charge in [0.1, 0.15) is 11.6 Å². The number of halogens is 1. The van der Waals surface area contributed by atoms with Crippen LogP contribution in [0.15, 0.2) is 42.5 Å². The summed E-state index contributed by atoms with van der Waals surface area (Å²) in [4.78, 5) is 12.4. The number of rotatable bonds is 8. The molecule has 0 fully saturated rings. The van der Waals surface area contributed by atoms with E-state index in [9.17, 15) is 9.18 Å². The fourth-order valence-electron chi connectivity index (χ4n) is 2.29. The molecule has 0 aliphatic heterocycles. The van der Waals surface area contributed by atoms with Gasteiger partial charge in [-0.05, 0) is 43.2 Å². The average molecular weight is 345 g/mol. The Hall–Kier alpha value is -2.40. The van der Waals surface area contributed by atoms with Gasteiger partial charge in [-0.2, -0.15) is 0 Å². The molecule has 4 nitrogen and oxygen atoms in total. The maximum absolute atomic E-state index is 13.7. The Morgan fingerprint density at radius 1 is 1.20 bits per heavy atom. The molecule has 0 radical (unpaired) electrons. The van der Waals surface area contributed by atoms with Crippen molar-refractivity contribution < 1.29 is 18.7 Å². The first-order valence-electron chi connectivity index (χ1n) is 8.40. The van der Waals surface area contributed by atoms with Crippen LogP contribution in [-0.2, 0) is 11.3 Å². The Balaban J connectivity index is 2.16. The molecule has 134 valence electrons. The van der Waals surface area contributed by atoms with Gasteiger partial charge in [-0.15, -0.1) is 0 Å². The van der Waals surface area contributed by atoms with E-state index in [4.69, 9.17) is 9.47 Å². The number of carbonyl (C=O) groups excluding carboxylic acids is 1. The highest BCUT2D eigenvalue weighted by Gasteiger charge is 2.13. The van der Waals surface area contributed by atoms with Crippen LogP contribution in [0.25, 0.3) is 0 Å². The third-order valence-electron chi connectivity index (χ3n) is 3.45. The van der Waals surface area contributed by atoms with Crippen molar-refractivity contribution in [2.45, 2.75) is 27.4 Å². The minimum absolute atomic E-state index is 0.152. The molecule has 0 saturated heterocycles. The summed E-state index contributed by atoms with van der Waals surface area (Å²) < 4.78 is 25.0. The molecular weight excluding hydrogens is 321 g/mol. The molecule has 0 saturated carbocycles. The van der Waals surface area contributed by atoms with Gasteiger partial charge in [0, 0.05) is 17.7 Å². The van der Waals surface area contributed by atoms with Crippen molar-refractivity contribution in [1.82, 2.24) is 0 Å². The Labute approximate surface area is 148 Å². The zero-order valence-electron chi connectivity index (χ0n) is 14.8. The number of nitrogens with one attached hydrogen (secondary N) is 1. The van der Waals surface area contributed by atoms with E-state index in [0.29, 0.717) is 37.1 Å². The van der Waals surface area contributed by atoms with Crippen LogP contribution in [-0.4, -0.2) is 19.1 Å². The summed E-state index contributed by atoms with van der Waals surface area (Å²) in [5, 5.41) is 2.58. The van der Waals surface area contributed by atoms with E-state index < -0.39 is 5.82 Å². The Morgan fingerprint density at radius 2 is 1.96 bits per heavy atom. The van der Waals surface area contributed by atoms with E-state index >= 15 is 0 Å². The van der Waals surface area contributed by atoms with Crippen molar-refractivity contribution in [3.8, 4) is 5.75 Å². The first-order chi connectivity index (χ1) is 12.0. The van der Waals surface area contributed by atoms with E-state index in [2.05, 4.69) is 19.2 Å². The molecule has 0 aliphatic carbocycles. The molecule has 0 heterocycles. The normalized spacial score (nSPS) is 10.8. The predicted molar refractivity (Wildman–Crippen MR) is 96.5 cm³/mol. The fraction of sp³-hybridized carbons (Fsp3) is 0.350. The van der Waals surface area contributed by atoms with Crippen LogP contribution in [0.5, 0.6) is 5.75 Å². The van der Waals surface area contributed by atoms with Gasteiger partial charge in [0.25, 0.3) is 5.91 Å². The van der Waals surface area contributed by atoms with Crippen LogP contribution in [0.3, 0.4) is 0 Å². The average Bonchev–Trinajstić information content (AvgIpc) is 2.58. The summed E-state index contributed by atoms with van der Waals surface area (Å²) in [5.41, 5.74) is 1.37. The molecule has 5 heteroatoms. The summed E-state index contributed by atoms with van der Waals surface area (Å²) >= 11 is 0. The fourth-order valence-corrected chi connectivity index (χ4v) is 2.29. The third-order valence-corrected chi connectivity index (χ3v) is 3.45. The minimum Gasteiger partial charge on any atom is -0.494 e. The number of benzene rings is 2. The summed E-state index contributed by atoms with van der Waals surface area (Å²) in [6.07, 6.45) is 0. The quantitative estimate of drug-likeness (QED) is 0.757. The van der Waals surface area contributed by atoms with Crippen molar-refractivity contribution in [3.63, 3.8) is 0 Å². The largest absolute Gasteiger partial charge is 0.494 e. The van der Waals surface area contributed by atoms with Crippen LogP contribution in [0, 0.1) is 11.7 Å². The minimum atomic E-state index is -0.470. The standard InChI is InChI=1S/C20H24FNO3/c1-4-25-19-10-9-15(11-16(19)13-24-12-14(2)3)20(23)22-18-8-6-5-7-17(18)21/h5-11,14H,4,12-13H2,1-3H3,(H,22,23). The number of hydrogen-bond acceptors (Lipinski definition) is 3. The Kier molecular flexibility index (Phi) is 6.95. The molecule has 2 aromatic carbocycles. The predicted octanol–water partition coefficient (Wildman–Crippen LogP) is 4.65. The molecular formula is C20H24FNO3. The second-order valence-corrected chi connectivity index (χ2v) is 6.10. The lowest BCUT2D eigenvalue weighted by Gasteiger charge is -2.14. The lowest BCUT2D eigenvalue weighted by Crippen LogP contribution is -2.14. The molecule has 0 aromatic heterocycles. The molecule has 1 amide bonds. The third kappa shape index (κ3) is 5.57. The van der Waals surface area contributed by atoms with E-state index in [-0.39, 0.29) is 11.6 Å². The maximum Gasteiger partial charge on any atom is 0.255 e. The highest BCUT2D eigenvalue weighted by Crippen LogP contribution is 2.23. The maximum atomic E-state index is 13.7. The summed E-state index contributed by atoms with van der Waals surface area (Å²) in [5.74, 6) is 0.261. The molecule has 1 N–H and O–H groups in total. The van der Waals surface area contributed by atoms with Crippen LogP contribution < -0.4 is 10.1 Å². The second-order valence-electron chi connectivity index (χ2n) is 6.10. The number of carbonyl (C=O) groups is 1. The Bertz CT molecular complexity index is 716. The van der Waals surface area contributed by atoms with Gasteiger partial charge in [-0.1, -0.05) is 26.0 Å². The number of ether oxygens (including phenoxy) is 2. The highest BCUT2D eigenvalue weighted by molar-refractivity contribution is 6.04. The molecule has 2 rings (SSSR count). The van der Waals surface area contributed by atoms with Crippen LogP contribution in [0.2, 0.25) is 0 Å². The van der Waals surface area contributed by atoms with Crippen molar-refractivity contribution in [2.75, 3.05) is 18.5 Å². The molecule has 0 aliphatic rings. The summed E-state index contributed by atoms with van der Waals surface area (Å²) in [6, 6.07) is 11.2. The number of para-hydroxylation sites is 1. The monoisotopic (exact) mass is 345 g/mol. The van der Waals surface area contributed by atoms with Crippen molar-refractivity contribution in [3.05, 3.63) is 59.4 Å². The summed E-state index contributed by atoms with van der Waals surface area (Å²) in [7, 11) is 0. The SMILES string of the molecule is CCOc1ccc(C(=O)Nc2ccccc2F)cc1COCC(C)C. The second kappa shape index (κ2) is 9.18. The number of hydrogen-bond donors (Lipinski definition) is 1. The van der Waals surface area contributed by atoms with Gasteiger partial charge >= 0.3 is 0 Å². The van der Waals surface area contributed by atoms with Crippen molar-refractivity contribution in [1.29, 1.82) is 0 Å². The van der Waals surface area contributed by atoms with Crippen LogP contribution in [0.1, 0.15) is 36.7 Å². The van der Waals surface area contributed by atoms with Crippen LogP contribution in [0.4, 0.5) is 10.1 Å². The van der Waals surface area contributed by atoms with Gasteiger partial charge in [-0.25, -0.2) is 4.39 Å². The van der Waals surface area contributed by atoms with Gasteiger partial charge in [0.05, 0.1) is 18.9 Å². The Morgan fingerprint density at radius 3 is 2.64 bits per heavy atom. The van der Waals surface area contributed by atoms with Gasteiger partial charge < -0.3 is 14.8 Å². The topological polar surface area (TPSA) is 47.6 Å². The molecule has 0 atom stereocenters. The molecule has 25 heavy (non-hydrogen) atoms. The van der Waals surface area contributed by atoms with Gasteiger partial charge in [-0.3, -0.25) is 4.79 Å². The first kappa shape index (κ1) is 18.9. The van der Waals surface area contributed by atoms with Crippen LogP contribution >= 0.6 is 0 Å². The number of anilines is 1. The van der Waals surface area contributed by atoms with Gasteiger partial charge in [0.15, 0.2) is 0 Å². The number of amides is 1. The van der Waals surface area contributed by atoms with Gasteiger partial charge in [0.2, 0.25) is 0 Å². The lowest BCUT2D eigenvalue weighted by atomic mass is 10.1. The molecule has 0 unspecified atom stereocenters. The van der Waals surface area contributed by atoms with E-state index in [1.54, 1.807) is 30.3 Å². The zero-order chi connectivity index (χ0) is 18.2. The van der Waals surface area contributed by atoms with E-state index in [1.807, 2.05) is 6.92 Å². The molecule has 0 bridgehead atoms. The van der Waals surface area contributed by atoms with E-state index in [1.165, 1.54) is 12.1 Å². The molecule has 2 aromatic rings. The summed E-state index contributed by atoms with van der Waals surface area (Å²) in [6.45, 7) is 7.55. The highest BCUT2D eigenvalue weighted by atomic mass is 19.1. The van der Waals surface area contributed by atoms with Crippen molar-refractivity contribution >= 4 is 11.6 Å². The molecule has 0 spiro atoms. The van der Waals surface area contributed by atoms with Crippen molar-refractivity contribution in [2.24, 2.45) is 5.92 Å².